The third-order valence-electron chi connectivity index (χ3n) is 6.70. The van der Waals surface area contributed by atoms with Gasteiger partial charge in [-0.3, -0.25) is 14.4 Å². The van der Waals surface area contributed by atoms with Crippen LogP contribution in [0.15, 0.2) is 97.1 Å². The molecule has 0 heterocycles. The van der Waals surface area contributed by atoms with Crippen molar-refractivity contribution in [3.05, 3.63) is 125 Å². The zero-order chi connectivity index (χ0) is 29.2. The van der Waals surface area contributed by atoms with E-state index in [-0.39, 0.29) is 37.1 Å². The SMILES string of the molecule is COc1ccc(CCN(CCC(=O)O)C(=O)c2ccccc2-c2ccccc2C(=O)NCc2ccc(F)cc2)cc1. The lowest BCUT2D eigenvalue weighted by atomic mass is 9.94. The lowest BCUT2D eigenvalue weighted by Gasteiger charge is -2.24. The van der Waals surface area contributed by atoms with E-state index in [1.165, 1.54) is 17.0 Å². The summed E-state index contributed by atoms with van der Waals surface area (Å²) in [5.74, 6) is -1.29. The van der Waals surface area contributed by atoms with Crippen molar-refractivity contribution in [1.29, 1.82) is 0 Å². The van der Waals surface area contributed by atoms with Gasteiger partial charge in [-0.25, -0.2) is 4.39 Å². The Morgan fingerprint density at radius 1 is 0.780 bits per heavy atom. The number of carboxylic acid groups (broad SMARTS) is 1. The number of amides is 2. The molecule has 0 aliphatic heterocycles. The maximum absolute atomic E-state index is 13.9. The zero-order valence-corrected chi connectivity index (χ0v) is 22.7. The van der Waals surface area contributed by atoms with E-state index in [4.69, 9.17) is 4.74 Å². The smallest absolute Gasteiger partial charge is 0.305 e. The van der Waals surface area contributed by atoms with Crippen molar-refractivity contribution in [2.45, 2.75) is 19.4 Å². The van der Waals surface area contributed by atoms with Gasteiger partial charge in [0.25, 0.3) is 11.8 Å². The van der Waals surface area contributed by atoms with Gasteiger partial charge < -0.3 is 20.1 Å². The van der Waals surface area contributed by atoms with Crippen LogP contribution < -0.4 is 10.1 Å². The highest BCUT2D eigenvalue weighted by atomic mass is 19.1. The number of carbonyl (C=O) groups excluding carboxylic acids is 2. The fraction of sp³-hybridized carbons (Fsp3) is 0.182. The third-order valence-corrected chi connectivity index (χ3v) is 6.70. The number of carboxylic acids is 1. The number of nitrogens with zero attached hydrogens (tertiary/aromatic N) is 1. The maximum Gasteiger partial charge on any atom is 0.305 e. The molecule has 0 unspecified atom stereocenters. The normalized spacial score (nSPS) is 10.6. The molecule has 0 saturated carbocycles. The number of nitrogens with one attached hydrogen (secondary N) is 1. The summed E-state index contributed by atoms with van der Waals surface area (Å²) in [7, 11) is 1.59. The van der Waals surface area contributed by atoms with Crippen LogP contribution >= 0.6 is 0 Å². The van der Waals surface area contributed by atoms with Crippen LogP contribution in [0.5, 0.6) is 5.75 Å². The average Bonchev–Trinajstić information content (AvgIpc) is 3.00. The molecule has 0 saturated heterocycles. The number of methoxy groups -OCH3 is 1. The summed E-state index contributed by atoms with van der Waals surface area (Å²) in [6, 6.07) is 27.4. The number of ether oxygens (including phenoxy) is 1. The minimum atomic E-state index is -0.997. The number of hydrogen-bond acceptors (Lipinski definition) is 4. The second kappa shape index (κ2) is 13.9. The molecule has 210 valence electrons. The van der Waals surface area contributed by atoms with Crippen molar-refractivity contribution >= 4 is 17.8 Å². The Labute approximate surface area is 238 Å². The molecule has 4 aromatic rings. The third kappa shape index (κ3) is 7.79. The highest BCUT2D eigenvalue weighted by Crippen LogP contribution is 2.28. The van der Waals surface area contributed by atoms with Gasteiger partial charge in [-0.15, -0.1) is 0 Å². The van der Waals surface area contributed by atoms with E-state index >= 15 is 0 Å². The van der Waals surface area contributed by atoms with E-state index < -0.39 is 5.97 Å². The van der Waals surface area contributed by atoms with Crippen molar-refractivity contribution in [2.24, 2.45) is 0 Å². The van der Waals surface area contributed by atoms with Crippen molar-refractivity contribution < 1.29 is 28.6 Å². The van der Waals surface area contributed by atoms with Crippen LogP contribution in [-0.4, -0.2) is 48.0 Å². The molecule has 0 atom stereocenters. The molecule has 7 nitrogen and oxygen atoms in total. The Morgan fingerprint density at radius 3 is 2.00 bits per heavy atom. The van der Waals surface area contributed by atoms with Gasteiger partial charge in [0.2, 0.25) is 0 Å². The minimum absolute atomic E-state index is 0.0401. The predicted octanol–water partition coefficient (Wildman–Crippen LogP) is 5.59. The molecule has 0 aliphatic carbocycles. The van der Waals surface area contributed by atoms with E-state index in [2.05, 4.69) is 5.32 Å². The Bertz CT molecular complexity index is 1500. The predicted molar refractivity (Wildman–Crippen MR) is 154 cm³/mol. The summed E-state index contributed by atoms with van der Waals surface area (Å²) in [6.07, 6.45) is 0.332. The molecular formula is C33H31FN2O5. The summed E-state index contributed by atoms with van der Waals surface area (Å²) in [5, 5.41) is 12.2. The molecule has 4 aromatic carbocycles. The molecular weight excluding hydrogens is 523 g/mol. The van der Waals surface area contributed by atoms with Crippen molar-refractivity contribution in [3.8, 4) is 16.9 Å². The van der Waals surface area contributed by atoms with Crippen LogP contribution in [0.2, 0.25) is 0 Å². The maximum atomic E-state index is 13.9. The monoisotopic (exact) mass is 554 g/mol. The van der Waals surface area contributed by atoms with Gasteiger partial charge in [0.1, 0.15) is 11.6 Å². The van der Waals surface area contributed by atoms with E-state index in [0.29, 0.717) is 35.2 Å². The van der Waals surface area contributed by atoms with Crippen LogP contribution in [0.1, 0.15) is 38.3 Å². The van der Waals surface area contributed by atoms with Crippen LogP contribution in [0.4, 0.5) is 4.39 Å². The van der Waals surface area contributed by atoms with Crippen molar-refractivity contribution in [1.82, 2.24) is 10.2 Å². The Kier molecular flexibility index (Phi) is 9.83. The van der Waals surface area contributed by atoms with Crippen molar-refractivity contribution in [2.75, 3.05) is 20.2 Å². The fourth-order valence-corrected chi connectivity index (χ4v) is 4.47. The molecule has 2 N–H and O–H groups in total. The number of carbonyl (C=O) groups is 3. The summed E-state index contributed by atoms with van der Waals surface area (Å²) < 4.78 is 18.5. The first-order valence-corrected chi connectivity index (χ1v) is 13.2. The first-order chi connectivity index (χ1) is 19.9. The molecule has 0 spiro atoms. The van der Waals surface area contributed by atoms with Gasteiger partial charge >= 0.3 is 5.97 Å². The number of hydrogen-bond donors (Lipinski definition) is 2. The standard InChI is InChI=1S/C33H31FN2O5/c1-41-26-16-12-23(13-17-26)18-20-36(21-19-31(37)38)33(40)30-9-5-3-7-28(30)27-6-2-4-8-29(27)32(39)35-22-24-10-14-25(34)15-11-24/h2-17H,18-22H2,1H3,(H,35,39)(H,37,38). The molecule has 0 fully saturated rings. The molecule has 4 rings (SSSR count). The number of benzene rings is 4. The van der Waals surface area contributed by atoms with Gasteiger partial charge in [-0.2, -0.15) is 0 Å². The molecule has 0 aromatic heterocycles. The van der Waals surface area contributed by atoms with Crippen LogP contribution in [0, 0.1) is 5.82 Å². The largest absolute Gasteiger partial charge is 0.497 e. The first kappa shape index (κ1) is 29.0. The second-order valence-corrected chi connectivity index (χ2v) is 9.43. The van der Waals surface area contributed by atoms with Gasteiger partial charge in [-0.05, 0) is 65.1 Å². The minimum Gasteiger partial charge on any atom is -0.497 e. The van der Waals surface area contributed by atoms with Crippen molar-refractivity contribution in [3.63, 3.8) is 0 Å². The van der Waals surface area contributed by atoms with Crippen LogP contribution in [-0.2, 0) is 17.8 Å². The Morgan fingerprint density at radius 2 is 1.37 bits per heavy atom. The molecule has 0 radical (unpaired) electrons. The molecule has 0 aliphatic rings. The summed E-state index contributed by atoms with van der Waals surface area (Å²) in [5.41, 5.74) is 3.61. The van der Waals surface area contributed by atoms with Gasteiger partial charge in [0.05, 0.1) is 13.5 Å². The van der Waals surface area contributed by atoms with Crippen LogP contribution in [0.3, 0.4) is 0 Å². The highest BCUT2D eigenvalue weighted by Gasteiger charge is 2.22. The van der Waals surface area contributed by atoms with Gasteiger partial charge in [0, 0.05) is 30.8 Å². The van der Waals surface area contributed by atoms with E-state index in [1.807, 2.05) is 24.3 Å². The number of halogens is 1. The lowest BCUT2D eigenvalue weighted by molar-refractivity contribution is -0.137. The Hall–Kier alpha value is -4.98. The van der Waals surface area contributed by atoms with E-state index in [1.54, 1.807) is 67.8 Å². The molecule has 2 amide bonds. The quantitative estimate of drug-likeness (QED) is 0.238. The molecule has 41 heavy (non-hydrogen) atoms. The molecule has 0 bridgehead atoms. The Balaban J connectivity index is 1.58. The molecule has 8 heteroatoms. The number of aliphatic carboxylic acids is 1. The van der Waals surface area contributed by atoms with Gasteiger partial charge in [-0.1, -0.05) is 60.7 Å². The summed E-state index contributed by atoms with van der Waals surface area (Å²) in [6.45, 7) is 0.563. The van der Waals surface area contributed by atoms with E-state index in [9.17, 15) is 23.9 Å². The van der Waals surface area contributed by atoms with Crippen LogP contribution in [0.25, 0.3) is 11.1 Å². The highest BCUT2D eigenvalue weighted by molar-refractivity contribution is 6.06. The fourth-order valence-electron chi connectivity index (χ4n) is 4.47. The van der Waals surface area contributed by atoms with Gasteiger partial charge in [0.15, 0.2) is 0 Å². The number of rotatable bonds is 12. The summed E-state index contributed by atoms with van der Waals surface area (Å²) >= 11 is 0. The summed E-state index contributed by atoms with van der Waals surface area (Å²) in [4.78, 5) is 40.0. The zero-order valence-electron chi connectivity index (χ0n) is 22.7. The average molecular weight is 555 g/mol. The van der Waals surface area contributed by atoms with E-state index in [0.717, 1.165) is 16.9 Å². The second-order valence-electron chi connectivity index (χ2n) is 9.43. The lowest BCUT2D eigenvalue weighted by Crippen LogP contribution is -2.35. The first-order valence-electron chi connectivity index (χ1n) is 13.2. The topological polar surface area (TPSA) is 95.9 Å².